The molecule has 0 radical (unpaired) electrons. The molecule has 6 nitrogen and oxygen atoms in total. The second-order valence-electron chi connectivity index (χ2n) is 8.21. The number of carbonyl (C=O) groups is 1. The topological polar surface area (TPSA) is 82.0 Å². The number of ether oxygens (including phenoxy) is 1. The Hall–Kier alpha value is -1.54. The Bertz CT molecular complexity index is 706. The molecule has 3 aliphatic heterocycles. The number of nitrogens with one attached hydrogen (secondary N) is 1. The Labute approximate surface area is 158 Å². The van der Waals surface area contributed by atoms with Crippen LogP contribution < -0.4 is 5.32 Å². The molecule has 0 aliphatic carbocycles. The number of amides is 1. The Morgan fingerprint density at radius 3 is 2.89 bits per heavy atom. The van der Waals surface area contributed by atoms with Gasteiger partial charge in [-0.2, -0.15) is 0 Å². The van der Waals surface area contributed by atoms with E-state index in [-0.39, 0.29) is 48.7 Å². The van der Waals surface area contributed by atoms with Gasteiger partial charge in [-0.25, -0.2) is 4.39 Å². The minimum Gasteiger partial charge on any atom is -0.395 e. The van der Waals surface area contributed by atoms with Crippen molar-refractivity contribution in [2.24, 2.45) is 11.8 Å². The standard InChI is InChI=1S/C20H27FN2O4/c1-12-4-13(6-14(21)5-12)19(26)22-7-16-17-8-23(15(9-24)10-25)11-20(17)3-2-18(16)27-20/h4-6,15-18,24-25H,2-3,7-11H2,1H3,(H,22,26)/t16-,17+,18+,20+/m0/s1. The molecule has 3 N–H and O–H groups in total. The lowest BCUT2D eigenvalue weighted by Crippen LogP contribution is -2.42. The highest BCUT2D eigenvalue weighted by atomic mass is 19.1. The number of aryl methyl sites for hydroxylation is 1. The number of nitrogens with zero attached hydrogens (tertiary/aromatic N) is 1. The van der Waals surface area contributed by atoms with Crippen LogP contribution in [0.4, 0.5) is 4.39 Å². The van der Waals surface area contributed by atoms with Crippen molar-refractivity contribution in [3.05, 3.63) is 35.1 Å². The lowest BCUT2D eigenvalue weighted by atomic mass is 9.73. The van der Waals surface area contributed by atoms with Crippen molar-refractivity contribution in [3.8, 4) is 0 Å². The summed E-state index contributed by atoms with van der Waals surface area (Å²) in [6, 6.07) is 4.07. The molecule has 1 aromatic rings. The molecule has 3 fully saturated rings. The van der Waals surface area contributed by atoms with Crippen LogP contribution in [-0.4, -0.2) is 71.6 Å². The van der Waals surface area contributed by atoms with E-state index in [0.717, 1.165) is 19.4 Å². The SMILES string of the molecule is Cc1cc(F)cc(C(=O)NC[C@H]2[C@H]3CN(C(CO)CO)C[C@]34CC[C@H]2O4)c1. The summed E-state index contributed by atoms with van der Waals surface area (Å²) in [6.07, 6.45) is 2.08. The highest BCUT2D eigenvalue weighted by Gasteiger charge is 2.63. The zero-order valence-electron chi connectivity index (χ0n) is 15.5. The summed E-state index contributed by atoms with van der Waals surface area (Å²) in [5.74, 6) is -0.215. The molecule has 27 heavy (non-hydrogen) atoms. The van der Waals surface area contributed by atoms with Crippen molar-refractivity contribution >= 4 is 5.91 Å². The monoisotopic (exact) mass is 378 g/mol. The largest absolute Gasteiger partial charge is 0.395 e. The zero-order valence-corrected chi connectivity index (χ0v) is 15.5. The predicted octanol–water partition coefficient (Wildman–Crippen LogP) is 0.697. The maximum Gasteiger partial charge on any atom is 0.251 e. The summed E-state index contributed by atoms with van der Waals surface area (Å²) in [5, 5.41) is 22.0. The molecule has 4 atom stereocenters. The molecular formula is C20H27FN2O4. The van der Waals surface area contributed by atoms with Crippen LogP contribution >= 0.6 is 0 Å². The first-order valence-corrected chi connectivity index (χ1v) is 9.65. The van der Waals surface area contributed by atoms with Gasteiger partial charge in [0.05, 0.1) is 31.0 Å². The van der Waals surface area contributed by atoms with Crippen LogP contribution in [0.15, 0.2) is 18.2 Å². The highest BCUT2D eigenvalue weighted by molar-refractivity contribution is 5.94. The molecule has 2 bridgehead atoms. The lowest BCUT2D eigenvalue weighted by Gasteiger charge is -2.29. The van der Waals surface area contributed by atoms with Gasteiger partial charge in [-0.3, -0.25) is 9.69 Å². The van der Waals surface area contributed by atoms with Crippen molar-refractivity contribution in [1.82, 2.24) is 10.2 Å². The average molecular weight is 378 g/mol. The van der Waals surface area contributed by atoms with Crippen LogP contribution in [0.1, 0.15) is 28.8 Å². The third-order valence-electron chi connectivity index (χ3n) is 6.55. The number of likely N-dealkylation sites (tertiary alicyclic amines) is 1. The summed E-state index contributed by atoms with van der Waals surface area (Å²) < 4.78 is 19.9. The highest BCUT2D eigenvalue weighted by Crippen LogP contribution is 2.54. The summed E-state index contributed by atoms with van der Waals surface area (Å²) in [6.45, 7) is 3.56. The molecule has 3 aliphatic rings. The summed E-state index contributed by atoms with van der Waals surface area (Å²) in [7, 11) is 0. The van der Waals surface area contributed by atoms with E-state index in [9.17, 15) is 19.4 Å². The van der Waals surface area contributed by atoms with E-state index >= 15 is 0 Å². The molecule has 0 aromatic heterocycles. The number of hydrogen-bond acceptors (Lipinski definition) is 5. The summed E-state index contributed by atoms with van der Waals surface area (Å²) in [4.78, 5) is 14.6. The molecule has 1 aromatic carbocycles. The van der Waals surface area contributed by atoms with Gasteiger partial charge in [-0.1, -0.05) is 0 Å². The van der Waals surface area contributed by atoms with E-state index in [0.29, 0.717) is 24.2 Å². The smallest absolute Gasteiger partial charge is 0.251 e. The van der Waals surface area contributed by atoms with Crippen LogP contribution in [0.2, 0.25) is 0 Å². The van der Waals surface area contributed by atoms with Crippen molar-refractivity contribution in [1.29, 1.82) is 0 Å². The Morgan fingerprint density at radius 1 is 1.41 bits per heavy atom. The van der Waals surface area contributed by atoms with Crippen molar-refractivity contribution in [2.75, 3.05) is 32.8 Å². The van der Waals surface area contributed by atoms with Crippen LogP contribution in [0, 0.1) is 24.6 Å². The molecule has 1 amide bonds. The fourth-order valence-corrected chi connectivity index (χ4v) is 5.25. The van der Waals surface area contributed by atoms with Gasteiger partial charge in [-0.05, 0) is 43.5 Å². The van der Waals surface area contributed by atoms with E-state index in [4.69, 9.17) is 4.74 Å². The number of fused-ring (bicyclic) bond motifs is 1. The quantitative estimate of drug-likeness (QED) is 0.679. The molecule has 4 rings (SSSR count). The third-order valence-corrected chi connectivity index (χ3v) is 6.55. The molecule has 0 saturated carbocycles. The van der Waals surface area contributed by atoms with Crippen molar-refractivity contribution < 1.29 is 24.1 Å². The number of halogens is 1. The zero-order chi connectivity index (χ0) is 19.2. The molecular weight excluding hydrogens is 351 g/mol. The maximum atomic E-state index is 13.6. The van der Waals surface area contributed by atoms with Crippen LogP contribution in [0.25, 0.3) is 0 Å². The normalized spacial score (nSPS) is 32.3. The second-order valence-corrected chi connectivity index (χ2v) is 8.21. The van der Waals surface area contributed by atoms with Crippen molar-refractivity contribution in [2.45, 2.75) is 37.5 Å². The average Bonchev–Trinajstić information content (AvgIpc) is 3.28. The number of rotatable bonds is 6. The van der Waals surface area contributed by atoms with E-state index in [2.05, 4.69) is 10.2 Å². The summed E-state index contributed by atoms with van der Waals surface area (Å²) >= 11 is 0. The number of aliphatic hydroxyl groups excluding tert-OH is 2. The molecule has 7 heteroatoms. The number of hydrogen-bond donors (Lipinski definition) is 3. The Morgan fingerprint density at radius 2 is 2.19 bits per heavy atom. The van der Waals surface area contributed by atoms with Gasteiger partial charge in [-0.15, -0.1) is 0 Å². The van der Waals surface area contributed by atoms with Crippen LogP contribution in [0.5, 0.6) is 0 Å². The molecule has 1 spiro atoms. The maximum absolute atomic E-state index is 13.6. The second kappa shape index (κ2) is 7.13. The Balaban J connectivity index is 1.43. The van der Waals surface area contributed by atoms with Crippen LogP contribution in [0.3, 0.4) is 0 Å². The van der Waals surface area contributed by atoms with Gasteiger partial charge in [0.15, 0.2) is 0 Å². The van der Waals surface area contributed by atoms with Gasteiger partial charge >= 0.3 is 0 Å². The lowest BCUT2D eigenvalue weighted by molar-refractivity contribution is -0.00834. The van der Waals surface area contributed by atoms with E-state index in [1.165, 1.54) is 12.1 Å². The van der Waals surface area contributed by atoms with Gasteiger partial charge < -0.3 is 20.3 Å². The van der Waals surface area contributed by atoms with E-state index in [1.54, 1.807) is 13.0 Å². The molecule has 148 valence electrons. The van der Waals surface area contributed by atoms with Gasteiger partial charge in [0.2, 0.25) is 0 Å². The van der Waals surface area contributed by atoms with E-state index < -0.39 is 5.82 Å². The fourth-order valence-electron chi connectivity index (χ4n) is 5.25. The molecule has 3 heterocycles. The predicted molar refractivity (Wildman–Crippen MR) is 96.8 cm³/mol. The van der Waals surface area contributed by atoms with Gasteiger partial charge in [0.1, 0.15) is 5.82 Å². The molecule has 0 unspecified atom stereocenters. The van der Waals surface area contributed by atoms with E-state index in [1.807, 2.05) is 0 Å². The minimum absolute atomic E-state index is 0.0803. The third kappa shape index (κ3) is 3.27. The first-order chi connectivity index (χ1) is 13.0. The van der Waals surface area contributed by atoms with Gasteiger partial charge in [0.25, 0.3) is 5.91 Å². The first kappa shape index (κ1) is 18.8. The molecule has 3 saturated heterocycles. The fraction of sp³-hybridized carbons (Fsp3) is 0.650. The summed E-state index contributed by atoms with van der Waals surface area (Å²) in [5.41, 5.74) is 0.825. The minimum atomic E-state index is -0.409. The first-order valence-electron chi connectivity index (χ1n) is 9.65. The number of carbonyl (C=O) groups excluding carboxylic acids is 1. The van der Waals surface area contributed by atoms with Gasteiger partial charge in [0, 0.05) is 37.0 Å². The van der Waals surface area contributed by atoms with Crippen LogP contribution in [-0.2, 0) is 4.74 Å². The number of aliphatic hydroxyl groups is 2. The Kier molecular flexibility index (Phi) is 4.96. The van der Waals surface area contributed by atoms with Crippen molar-refractivity contribution in [3.63, 3.8) is 0 Å². The number of benzene rings is 1.